The van der Waals surface area contributed by atoms with E-state index in [-0.39, 0.29) is 18.6 Å². The minimum Gasteiger partial charge on any atom is -0.396 e. The van der Waals surface area contributed by atoms with E-state index in [2.05, 4.69) is 11.4 Å². The topological polar surface area (TPSA) is 76.4 Å². The van der Waals surface area contributed by atoms with Gasteiger partial charge in [0, 0.05) is 25.4 Å². The van der Waals surface area contributed by atoms with Crippen LogP contribution < -0.4 is 10.2 Å². The summed E-state index contributed by atoms with van der Waals surface area (Å²) in [6, 6.07) is 8.90. The maximum Gasteiger partial charge on any atom is 0.242 e. The highest BCUT2D eigenvalue weighted by Crippen LogP contribution is 2.21. The highest BCUT2D eigenvalue weighted by Gasteiger charge is 2.29. The lowest BCUT2D eigenvalue weighted by atomic mass is 10.1. The Morgan fingerprint density at radius 1 is 1.56 bits per heavy atom. The molecular weight excluding hydrogens is 230 g/mol. The number of nitrogens with one attached hydrogen (secondary N) is 1. The third kappa shape index (κ3) is 2.44. The Bertz CT molecular complexity index is 481. The molecule has 0 radical (unpaired) electrons. The van der Waals surface area contributed by atoms with Gasteiger partial charge in [0.15, 0.2) is 0 Å². The van der Waals surface area contributed by atoms with Crippen LogP contribution in [0.2, 0.25) is 0 Å². The molecule has 1 aromatic carbocycles. The van der Waals surface area contributed by atoms with Crippen molar-refractivity contribution in [3.63, 3.8) is 0 Å². The first kappa shape index (κ1) is 12.4. The van der Waals surface area contributed by atoms with Gasteiger partial charge in [0.2, 0.25) is 5.91 Å². The van der Waals surface area contributed by atoms with Gasteiger partial charge in [0.25, 0.3) is 0 Å². The van der Waals surface area contributed by atoms with Gasteiger partial charge in [-0.05, 0) is 24.6 Å². The molecular formula is C13H15N3O2. The quantitative estimate of drug-likeness (QED) is 0.800. The molecule has 0 bridgehead atoms. The summed E-state index contributed by atoms with van der Waals surface area (Å²) in [6.45, 7) is 1.23. The van der Waals surface area contributed by atoms with E-state index >= 15 is 0 Å². The van der Waals surface area contributed by atoms with E-state index in [1.165, 1.54) is 0 Å². The Hall–Kier alpha value is -2.06. The lowest BCUT2D eigenvalue weighted by Gasteiger charge is -2.36. The van der Waals surface area contributed by atoms with Crippen LogP contribution in [-0.2, 0) is 4.79 Å². The highest BCUT2D eigenvalue weighted by molar-refractivity contribution is 5.86. The Balaban J connectivity index is 2.28. The van der Waals surface area contributed by atoms with E-state index in [9.17, 15) is 4.79 Å². The average Bonchev–Trinajstić information content (AvgIpc) is 2.41. The summed E-state index contributed by atoms with van der Waals surface area (Å²) in [5.41, 5.74) is 1.42. The standard InChI is InChI=1S/C13H15N3O2/c14-9-10-2-1-3-11(8-10)16-6-5-15-13(18)12(16)4-7-17/h1-3,8,12,17H,4-7H2,(H,15,18). The molecule has 2 rings (SSSR count). The van der Waals surface area contributed by atoms with Gasteiger partial charge < -0.3 is 15.3 Å². The fourth-order valence-electron chi connectivity index (χ4n) is 2.19. The van der Waals surface area contributed by atoms with Crippen LogP contribution in [0.3, 0.4) is 0 Å². The maximum absolute atomic E-state index is 11.8. The Morgan fingerprint density at radius 3 is 3.11 bits per heavy atom. The minimum absolute atomic E-state index is 0.0352. The molecule has 0 saturated carbocycles. The predicted octanol–water partition coefficient (Wildman–Crippen LogP) is 0.245. The first-order chi connectivity index (χ1) is 8.76. The molecule has 1 aliphatic rings. The number of nitriles is 1. The second-order valence-electron chi connectivity index (χ2n) is 4.17. The molecule has 5 nitrogen and oxygen atoms in total. The summed E-state index contributed by atoms with van der Waals surface area (Å²) in [7, 11) is 0. The molecule has 0 spiro atoms. The largest absolute Gasteiger partial charge is 0.396 e. The Labute approximate surface area is 106 Å². The number of aliphatic hydroxyl groups excluding tert-OH is 1. The molecule has 5 heteroatoms. The van der Waals surface area contributed by atoms with Crippen LogP contribution in [0, 0.1) is 11.3 Å². The van der Waals surface area contributed by atoms with Crippen molar-refractivity contribution in [2.75, 3.05) is 24.6 Å². The van der Waals surface area contributed by atoms with Crippen molar-refractivity contribution in [1.29, 1.82) is 5.26 Å². The van der Waals surface area contributed by atoms with Gasteiger partial charge in [-0.2, -0.15) is 5.26 Å². The number of piperazine rings is 1. The average molecular weight is 245 g/mol. The molecule has 1 aliphatic heterocycles. The molecule has 1 amide bonds. The molecule has 0 aliphatic carbocycles. The number of hydrogen-bond acceptors (Lipinski definition) is 4. The number of rotatable bonds is 3. The van der Waals surface area contributed by atoms with Gasteiger partial charge in [0.05, 0.1) is 11.6 Å². The second kappa shape index (κ2) is 5.52. The molecule has 1 fully saturated rings. The summed E-state index contributed by atoms with van der Waals surface area (Å²) >= 11 is 0. The first-order valence-electron chi connectivity index (χ1n) is 5.91. The zero-order valence-corrected chi connectivity index (χ0v) is 9.97. The van der Waals surface area contributed by atoms with E-state index < -0.39 is 0 Å². The molecule has 1 aromatic rings. The minimum atomic E-state index is -0.363. The number of nitrogens with zero attached hydrogens (tertiary/aromatic N) is 2. The molecule has 1 atom stereocenters. The summed E-state index contributed by atoms with van der Waals surface area (Å²) in [4.78, 5) is 13.7. The van der Waals surface area contributed by atoms with Crippen LogP contribution in [0.4, 0.5) is 5.69 Å². The van der Waals surface area contributed by atoms with E-state index in [4.69, 9.17) is 10.4 Å². The van der Waals surface area contributed by atoms with Crippen molar-refractivity contribution in [1.82, 2.24) is 5.32 Å². The van der Waals surface area contributed by atoms with Gasteiger partial charge >= 0.3 is 0 Å². The van der Waals surface area contributed by atoms with Gasteiger partial charge in [-0.3, -0.25) is 4.79 Å². The summed E-state index contributed by atoms with van der Waals surface area (Å²) < 4.78 is 0. The van der Waals surface area contributed by atoms with Crippen molar-refractivity contribution >= 4 is 11.6 Å². The predicted molar refractivity (Wildman–Crippen MR) is 67.0 cm³/mol. The van der Waals surface area contributed by atoms with Gasteiger partial charge in [-0.1, -0.05) is 6.07 Å². The third-order valence-electron chi connectivity index (χ3n) is 3.04. The van der Waals surface area contributed by atoms with Crippen molar-refractivity contribution in [2.24, 2.45) is 0 Å². The Kier molecular flexibility index (Phi) is 3.80. The van der Waals surface area contributed by atoms with Crippen LogP contribution in [0.15, 0.2) is 24.3 Å². The fourth-order valence-corrected chi connectivity index (χ4v) is 2.19. The third-order valence-corrected chi connectivity index (χ3v) is 3.04. The molecule has 1 heterocycles. The number of carbonyl (C=O) groups is 1. The molecule has 1 saturated heterocycles. The number of anilines is 1. The molecule has 18 heavy (non-hydrogen) atoms. The van der Waals surface area contributed by atoms with E-state index in [0.29, 0.717) is 25.1 Å². The first-order valence-corrected chi connectivity index (χ1v) is 5.91. The number of carbonyl (C=O) groups excluding carboxylic acids is 1. The number of aliphatic hydroxyl groups is 1. The van der Waals surface area contributed by atoms with Crippen molar-refractivity contribution in [2.45, 2.75) is 12.5 Å². The van der Waals surface area contributed by atoms with Gasteiger partial charge in [-0.15, -0.1) is 0 Å². The fraction of sp³-hybridized carbons (Fsp3) is 0.385. The number of amides is 1. The van der Waals surface area contributed by atoms with Crippen LogP contribution in [-0.4, -0.2) is 36.8 Å². The van der Waals surface area contributed by atoms with E-state index in [1.807, 2.05) is 11.0 Å². The van der Waals surface area contributed by atoms with Gasteiger partial charge in [0.1, 0.15) is 6.04 Å². The molecule has 94 valence electrons. The number of benzene rings is 1. The van der Waals surface area contributed by atoms with Crippen LogP contribution in [0.5, 0.6) is 0 Å². The number of hydrogen-bond donors (Lipinski definition) is 2. The molecule has 1 unspecified atom stereocenters. The summed E-state index contributed by atoms with van der Waals surface area (Å²) in [5.74, 6) is -0.0716. The van der Waals surface area contributed by atoms with Crippen molar-refractivity contribution in [3.8, 4) is 6.07 Å². The second-order valence-corrected chi connectivity index (χ2v) is 4.17. The lowest BCUT2D eigenvalue weighted by Crippen LogP contribution is -2.55. The zero-order chi connectivity index (χ0) is 13.0. The maximum atomic E-state index is 11.8. The summed E-state index contributed by atoms with van der Waals surface area (Å²) in [5, 5.41) is 20.7. The zero-order valence-electron chi connectivity index (χ0n) is 9.97. The van der Waals surface area contributed by atoms with Crippen LogP contribution in [0.25, 0.3) is 0 Å². The summed E-state index contributed by atoms with van der Waals surface area (Å²) in [6.07, 6.45) is 0.391. The smallest absolute Gasteiger partial charge is 0.242 e. The lowest BCUT2D eigenvalue weighted by molar-refractivity contribution is -0.123. The van der Waals surface area contributed by atoms with Crippen LogP contribution >= 0.6 is 0 Å². The van der Waals surface area contributed by atoms with E-state index in [1.54, 1.807) is 18.2 Å². The highest BCUT2D eigenvalue weighted by atomic mass is 16.3. The molecule has 0 aromatic heterocycles. The SMILES string of the molecule is N#Cc1cccc(N2CCNC(=O)C2CCO)c1. The van der Waals surface area contributed by atoms with Crippen molar-refractivity contribution in [3.05, 3.63) is 29.8 Å². The van der Waals surface area contributed by atoms with Gasteiger partial charge in [-0.25, -0.2) is 0 Å². The normalized spacial score (nSPS) is 19.2. The van der Waals surface area contributed by atoms with Crippen LogP contribution in [0.1, 0.15) is 12.0 Å². The monoisotopic (exact) mass is 245 g/mol. The van der Waals surface area contributed by atoms with E-state index in [0.717, 1.165) is 5.69 Å². The Morgan fingerprint density at radius 2 is 2.39 bits per heavy atom. The van der Waals surface area contributed by atoms with Crippen molar-refractivity contribution < 1.29 is 9.90 Å². The molecule has 2 N–H and O–H groups in total.